The number of amides is 2. The molecule has 1 aliphatic rings. The number of alkyl halides is 2. The molecule has 3 rings (SSSR count). The SMILES string of the molecule is C=C(CCl)CCl.C=C1COC[C@H](Cc2ccc(Cl)cc2)N(C(=O)OC(C)(C)C)C1.CC(C)(C)OC(=O)NC(CO)Cc1ccc(Cl)cc1. The third kappa shape index (κ3) is 19.5. The molecule has 0 aliphatic carbocycles. The Morgan fingerprint density at radius 1 is 0.938 bits per heavy atom. The molecule has 2 atom stereocenters. The molecule has 2 amide bonds. The van der Waals surface area contributed by atoms with Crippen LogP contribution in [0.25, 0.3) is 0 Å². The van der Waals surface area contributed by atoms with Crippen LogP contribution in [0, 0.1) is 0 Å². The van der Waals surface area contributed by atoms with Gasteiger partial charge in [0.2, 0.25) is 0 Å². The molecule has 1 unspecified atom stereocenters. The summed E-state index contributed by atoms with van der Waals surface area (Å²) in [4.78, 5) is 25.9. The van der Waals surface area contributed by atoms with Gasteiger partial charge in [0.25, 0.3) is 0 Å². The number of ether oxygens (including phenoxy) is 3. The minimum absolute atomic E-state index is 0.0923. The topological polar surface area (TPSA) is 97.3 Å². The predicted molar refractivity (Wildman–Crippen MR) is 198 cm³/mol. The van der Waals surface area contributed by atoms with Gasteiger partial charge in [-0.05, 0) is 101 Å². The molecule has 2 aromatic rings. The first kappa shape index (κ1) is 43.6. The van der Waals surface area contributed by atoms with E-state index in [0.717, 1.165) is 22.3 Å². The van der Waals surface area contributed by atoms with E-state index in [1.165, 1.54) is 0 Å². The Morgan fingerprint density at radius 3 is 1.88 bits per heavy atom. The van der Waals surface area contributed by atoms with Crippen LogP contribution in [0.4, 0.5) is 9.59 Å². The lowest BCUT2D eigenvalue weighted by Gasteiger charge is -2.32. The molecule has 12 heteroatoms. The number of aliphatic hydroxyl groups excluding tert-OH is 1. The smallest absolute Gasteiger partial charge is 0.410 e. The molecule has 0 bridgehead atoms. The standard InChI is InChI=1S/C18H24ClNO3.C14H20ClNO3.C4H6Cl2/c1-13-10-20(17(21)23-18(2,3)4)16(12-22-11-13)9-14-5-7-15(19)8-6-14;1-14(2,3)19-13(18)16-12(9-17)8-10-4-6-11(15)7-5-10;1-4(2-5)3-6/h5-8,16H,1,9-12H2,2-4H3;4-7,12,17H,8-9H2,1-3H3,(H,16,18);1-3H2/t16-;;/m0../s1. The summed E-state index contributed by atoms with van der Waals surface area (Å²) < 4.78 is 16.3. The molecule has 2 aromatic carbocycles. The van der Waals surface area contributed by atoms with Gasteiger partial charge < -0.3 is 24.6 Å². The van der Waals surface area contributed by atoms with Crippen LogP contribution in [0.3, 0.4) is 0 Å². The Kier molecular flexibility index (Phi) is 19.6. The molecule has 8 nitrogen and oxygen atoms in total. The molecule has 0 radical (unpaired) electrons. The summed E-state index contributed by atoms with van der Waals surface area (Å²) in [7, 11) is 0. The van der Waals surface area contributed by atoms with Gasteiger partial charge in [-0.25, -0.2) is 9.59 Å². The molecular formula is C36H50Cl4N2O6. The van der Waals surface area contributed by atoms with E-state index in [1.807, 2.05) is 57.2 Å². The molecule has 0 spiro atoms. The van der Waals surface area contributed by atoms with Crippen molar-refractivity contribution in [1.82, 2.24) is 10.2 Å². The lowest BCUT2D eigenvalue weighted by atomic mass is 10.1. The Bertz CT molecular complexity index is 1290. The second kappa shape index (κ2) is 21.6. The van der Waals surface area contributed by atoms with E-state index in [-0.39, 0.29) is 24.8 Å². The molecule has 0 aromatic heterocycles. The van der Waals surface area contributed by atoms with E-state index in [4.69, 9.17) is 60.6 Å². The van der Waals surface area contributed by atoms with Gasteiger partial charge in [-0.3, -0.25) is 4.90 Å². The van der Waals surface area contributed by atoms with E-state index in [1.54, 1.807) is 37.8 Å². The van der Waals surface area contributed by atoms with Gasteiger partial charge in [-0.15, -0.1) is 23.2 Å². The lowest BCUT2D eigenvalue weighted by molar-refractivity contribution is 0.0126. The summed E-state index contributed by atoms with van der Waals surface area (Å²) in [6.07, 6.45) is 0.347. The van der Waals surface area contributed by atoms with Gasteiger partial charge in [0.1, 0.15) is 11.2 Å². The largest absolute Gasteiger partial charge is 0.444 e. The first-order chi connectivity index (χ1) is 22.3. The fraction of sp³-hybridized carbons (Fsp3) is 0.500. The molecule has 1 fully saturated rings. The highest BCUT2D eigenvalue weighted by Gasteiger charge is 2.31. The Labute approximate surface area is 306 Å². The summed E-state index contributed by atoms with van der Waals surface area (Å²) in [5.74, 6) is 0.951. The van der Waals surface area contributed by atoms with Crippen molar-refractivity contribution in [3.8, 4) is 0 Å². The first-order valence-corrected chi connectivity index (χ1v) is 17.3. The number of hydrogen-bond donors (Lipinski definition) is 2. The lowest BCUT2D eigenvalue weighted by Crippen LogP contribution is -2.46. The Hall–Kier alpha value is -2.46. The highest BCUT2D eigenvalue weighted by molar-refractivity contribution is 6.30. The van der Waals surface area contributed by atoms with Crippen molar-refractivity contribution in [3.63, 3.8) is 0 Å². The zero-order valence-corrected chi connectivity index (χ0v) is 31.8. The van der Waals surface area contributed by atoms with Crippen LogP contribution in [0.1, 0.15) is 52.7 Å². The van der Waals surface area contributed by atoms with Crippen molar-refractivity contribution in [3.05, 3.63) is 94.0 Å². The van der Waals surface area contributed by atoms with E-state index < -0.39 is 17.3 Å². The molecule has 48 heavy (non-hydrogen) atoms. The zero-order valence-electron chi connectivity index (χ0n) is 28.8. The number of benzene rings is 2. The van der Waals surface area contributed by atoms with Crippen molar-refractivity contribution in [2.45, 2.75) is 77.7 Å². The molecule has 268 valence electrons. The summed E-state index contributed by atoms with van der Waals surface area (Å²) in [5, 5.41) is 13.3. The number of rotatable bonds is 8. The highest BCUT2D eigenvalue weighted by atomic mass is 35.5. The van der Waals surface area contributed by atoms with Crippen molar-refractivity contribution in [2.75, 3.05) is 38.1 Å². The number of hydrogen-bond acceptors (Lipinski definition) is 6. The number of carbonyl (C=O) groups excluding carboxylic acids is 2. The van der Waals surface area contributed by atoms with Crippen LogP contribution in [-0.2, 0) is 27.1 Å². The molecule has 2 N–H and O–H groups in total. The quantitative estimate of drug-likeness (QED) is 0.207. The van der Waals surface area contributed by atoms with Crippen LogP contribution < -0.4 is 5.32 Å². The van der Waals surface area contributed by atoms with Gasteiger partial charge >= 0.3 is 12.2 Å². The normalized spacial score (nSPS) is 15.4. The third-order valence-electron chi connectivity index (χ3n) is 6.18. The van der Waals surface area contributed by atoms with E-state index in [0.29, 0.717) is 54.4 Å². The second-order valence-corrected chi connectivity index (χ2v) is 14.6. The zero-order chi connectivity index (χ0) is 36.5. The first-order valence-electron chi connectivity index (χ1n) is 15.5. The van der Waals surface area contributed by atoms with Crippen LogP contribution >= 0.6 is 46.4 Å². The second-order valence-electron chi connectivity index (χ2n) is 13.2. The number of nitrogens with one attached hydrogen (secondary N) is 1. The Morgan fingerprint density at radius 2 is 1.44 bits per heavy atom. The Balaban J connectivity index is 0.000000416. The van der Waals surface area contributed by atoms with Crippen molar-refractivity contribution >= 4 is 58.6 Å². The minimum Gasteiger partial charge on any atom is -0.444 e. The number of carbonyl (C=O) groups is 2. The summed E-state index contributed by atoms with van der Waals surface area (Å²) >= 11 is 22.3. The van der Waals surface area contributed by atoms with Gasteiger partial charge in [-0.2, -0.15) is 0 Å². The van der Waals surface area contributed by atoms with E-state index in [9.17, 15) is 14.7 Å². The number of alkyl carbamates (subject to hydrolysis) is 1. The average molecular weight is 749 g/mol. The van der Waals surface area contributed by atoms with E-state index in [2.05, 4.69) is 18.5 Å². The van der Waals surface area contributed by atoms with E-state index >= 15 is 0 Å². The summed E-state index contributed by atoms with van der Waals surface area (Å²) in [5.41, 5.74) is 2.75. The maximum absolute atomic E-state index is 12.6. The molecule has 0 saturated carbocycles. The van der Waals surface area contributed by atoms with Gasteiger partial charge in [0, 0.05) is 28.4 Å². The highest BCUT2D eigenvalue weighted by Crippen LogP contribution is 2.20. The average Bonchev–Trinajstić information content (AvgIpc) is 3.18. The van der Waals surface area contributed by atoms with Crippen LogP contribution in [-0.4, -0.2) is 83.6 Å². The van der Waals surface area contributed by atoms with Crippen molar-refractivity contribution < 1.29 is 28.9 Å². The monoisotopic (exact) mass is 746 g/mol. The maximum Gasteiger partial charge on any atom is 0.410 e. The molecule has 1 saturated heterocycles. The number of aliphatic hydroxyl groups is 1. The van der Waals surface area contributed by atoms with Crippen molar-refractivity contribution in [1.29, 1.82) is 0 Å². The van der Waals surface area contributed by atoms with Crippen LogP contribution in [0.5, 0.6) is 0 Å². The molecule has 1 aliphatic heterocycles. The van der Waals surface area contributed by atoms with Gasteiger partial charge in [0.15, 0.2) is 0 Å². The number of allylic oxidation sites excluding steroid dienone is 1. The third-order valence-corrected chi connectivity index (χ3v) is 7.44. The number of halogens is 4. The summed E-state index contributed by atoms with van der Waals surface area (Å²) in [6.45, 7) is 19.7. The van der Waals surface area contributed by atoms with Gasteiger partial charge in [0.05, 0.1) is 31.9 Å². The fourth-order valence-corrected chi connectivity index (χ4v) is 4.55. The predicted octanol–water partition coefficient (Wildman–Crippen LogP) is 8.86. The van der Waals surface area contributed by atoms with Crippen molar-refractivity contribution in [2.24, 2.45) is 0 Å². The number of nitrogens with zero attached hydrogens (tertiary/aromatic N) is 1. The fourth-order valence-electron chi connectivity index (χ4n) is 4.02. The van der Waals surface area contributed by atoms with Gasteiger partial charge in [-0.1, -0.05) is 60.6 Å². The summed E-state index contributed by atoms with van der Waals surface area (Å²) in [6, 6.07) is 14.4. The van der Waals surface area contributed by atoms with Crippen LogP contribution in [0.15, 0.2) is 72.8 Å². The molecular weight excluding hydrogens is 698 g/mol. The maximum atomic E-state index is 12.6. The minimum atomic E-state index is -0.551. The van der Waals surface area contributed by atoms with Crippen LogP contribution in [0.2, 0.25) is 10.0 Å². The molecule has 1 heterocycles.